The van der Waals surface area contributed by atoms with E-state index in [1.165, 1.54) is 4.90 Å². The predicted octanol–water partition coefficient (Wildman–Crippen LogP) is 2.26. The number of carbonyl (C=O) groups is 3. The van der Waals surface area contributed by atoms with Crippen molar-refractivity contribution >= 4 is 29.5 Å². The zero-order valence-electron chi connectivity index (χ0n) is 15.5. The fraction of sp³-hybridized carbons (Fsp3) is 0.500. The molecule has 0 aliphatic carbocycles. The zero-order valence-corrected chi connectivity index (χ0v) is 15.5. The number of cyclic esters (lactones) is 1. The van der Waals surface area contributed by atoms with Crippen LogP contribution in [0.25, 0.3) is 0 Å². The number of amides is 3. The van der Waals surface area contributed by atoms with Crippen LogP contribution in [0, 0.1) is 0 Å². The van der Waals surface area contributed by atoms with Crippen molar-refractivity contribution in [1.82, 2.24) is 5.32 Å². The molecule has 1 atom stereocenters. The lowest BCUT2D eigenvalue weighted by atomic mass is 10.2. The van der Waals surface area contributed by atoms with Crippen molar-refractivity contribution in [3.63, 3.8) is 0 Å². The van der Waals surface area contributed by atoms with Gasteiger partial charge in [0.25, 0.3) is 5.91 Å². The zero-order chi connectivity index (χ0) is 19.6. The minimum Gasteiger partial charge on any atom is -0.482 e. The molecule has 0 saturated carbocycles. The van der Waals surface area contributed by atoms with E-state index in [1.54, 1.807) is 39.0 Å². The van der Waals surface area contributed by atoms with E-state index >= 15 is 0 Å². The fourth-order valence-corrected chi connectivity index (χ4v) is 2.77. The van der Waals surface area contributed by atoms with Crippen LogP contribution in [0.3, 0.4) is 0 Å². The second kappa shape index (κ2) is 7.34. The van der Waals surface area contributed by atoms with Gasteiger partial charge >= 0.3 is 12.2 Å². The summed E-state index contributed by atoms with van der Waals surface area (Å²) in [6.07, 6.45) is -0.865. The molecule has 0 radical (unpaired) electrons. The number of fused-ring (bicyclic) bond motifs is 1. The minimum absolute atomic E-state index is 0.0230. The van der Waals surface area contributed by atoms with Crippen LogP contribution in [0.15, 0.2) is 18.2 Å². The molecule has 2 aliphatic rings. The highest BCUT2D eigenvalue weighted by atomic mass is 16.6. The van der Waals surface area contributed by atoms with Gasteiger partial charge in [-0.3, -0.25) is 9.69 Å². The summed E-state index contributed by atoms with van der Waals surface area (Å²) in [7, 11) is 0. The van der Waals surface area contributed by atoms with Gasteiger partial charge in [-0.2, -0.15) is 0 Å². The Balaban J connectivity index is 1.54. The van der Waals surface area contributed by atoms with Crippen LogP contribution in [0.2, 0.25) is 0 Å². The molecule has 2 N–H and O–H groups in total. The Morgan fingerprint density at radius 3 is 2.89 bits per heavy atom. The summed E-state index contributed by atoms with van der Waals surface area (Å²) in [5.41, 5.74) is 0.561. The first-order chi connectivity index (χ1) is 12.7. The normalized spacial score (nSPS) is 18.9. The summed E-state index contributed by atoms with van der Waals surface area (Å²) in [5.74, 6) is 0.318. The molecule has 0 aromatic heterocycles. The van der Waals surface area contributed by atoms with E-state index in [2.05, 4.69) is 10.6 Å². The van der Waals surface area contributed by atoms with E-state index in [0.29, 0.717) is 36.6 Å². The van der Waals surface area contributed by atoms with Gasteiger partial charge in [0.05, 0.1) is 12.2 Å². The van der Waals surface area contributed by atoms with Crippen LogP contribution in [0.1, 0.15) is 27.2 Å². The smallest absolute Gasteiger partial charge is 0.414 e. The lowest BCUT2D eigenvalue weighted by molar-refractivity contribution is -0.118. The molecule has 9 nitrogen and oxygen atoms in total. The monoisotopic (exact) mass is 377 g/mol. The van der Waals surface area contributed by atoms with E-state index in [0.717, 1.165) is 0 Å². The first-order valence-corrected chi connectivity index (χ1v) is 8.73. The van der Waals surface area contributed by atoms with Crippen molar-refractivity contribution in [3.8, 4) is 5.75 Å². The summed E-state index contributed by atoms with van der Waals surface area (Å²) in [6.45, 7) is 6.02. The average molecular weight is 377 g/mol. The van der Waals surface area contributed by atoms with Crippen molar-refractivity contribution < 1.29 is 28.6 Å². The number of hydrogen-bond acceptors (Lipinski definition) is 6. The minimum atomic E-state index is -0.563. The number of anilines is 2. The SMILES string of the molecule is CC(C)(C)OC(=O)NCCC1CN(c2ccc3c(c2)NC(=O)CO3)C(=O)O1. The molecule has 2 aliphatic heterocycles. The average Bonchev–Trinajstić information content (AvgIpc) is 2.93. The number of alkyl carbamates (subject to hydrolysis) is 1. The highest BCUT2D eigenvalue weighted by molar-refractivity contribution is 5.97. The maximum atomic E-state index is 12.2. The molecular weight excluding hydrogens is 354 g/mol. The third-order valence-electron chi connectivity index (χ3n) is 3.92. The second-order valence-corrected chi connectivity index (χ2v) is 7.35. The summed E-state index contributed by atoms with van der Waals surface area (Å²) >= 11 is 0. The third-order valence-corrected chi connectivity index (χ3v) is 3.92. The largest absolute Gasteiger partial charge is 0.482 e. The Labute approximate surface area is 156 Å². The molecule has 1 aromatic carbocycles. The van der Waals surface area contributed by atoms with Gasteiger partial charge in [0.15, 0.2) is 6.61 Å². The van der Waals surface area contributed by atoms with Crippen LogP contribution in [-0.4, -0.2) is 49.5 Å². The number of carbonyl (C=O) groups excluding carboxylic acids is 3. The second-order valence-electron chi connectivity index (χ2n) is 7.35. The number of hydrogen-bond donors (Lipinski definition) is 2. The first-order valence-electron chi connectivity index (χ1n) is 8.73. The van der Waals surface area contributed by atoms with Crippen molar-refractivity contribution in [2.45, 2.75) is 38.9 Å². The third kappa shape index (κ3) is 4.81. The molecule has 2 heterocycles. The van der Waals surface area contributed by atoms with Gasteiger partial charge in [0.2, 0.25) is 0 Å². The number of benzene rings is 1. The molecule has 1 aromatic rings. The molecule has 3 amide bonds. The topological polar surface area (TPSA) is 106 Å². The maximum absolute atomic E-state index is 12.2. The molecule has 0 bridgehead atoms. The van der Waals surface area contributed by atoms with Crippen LogP contribution >= 0.6 is 0 Å². The standard InChI is InChI=1S/C18H23N3O6/c1-18(2,3)27-16(23)19-7-6-12-9-21(17(24)26-12)11-4-5-14-13(8-11)20-15(22)10-25-14/h4-5,8,12H,6-7,9-10H2,1-3H3,(H,19,23)(H,20,22). The molecular formula is C18H23N3O6. The number of ether oxygens (including phenoxy) is 3. The predicted molar refractivity (Wildman–Crippen MR) is 97.0 cm³/mol. The van der Waals surface area contributed by atoms with Crippen LogP contribution in [0.5, 0.6) is 5.75 Å². The quantitative estimate of drug-likeness (QED) is 0.834. The highest BCUT2D eigenvalue weighted by Crippen LogP contribution is 2.33. The van der Waals surface area contributed by atoms with Gasteiger partial charge in [-0.05, 0) is 39.0 Å². The van der Waals surface area contributed by atoms with Gasteiger partial charge in [-0.15, -0.1) is 0 Å². The van der Waals surface area contributed by atoms with Crippen molar-refractivity contribution in [2.24, 2.45) is 0 Å². The maximum Gasteiger partial charge on any atom is 0.414 e. The lowest BCUT2D eigenvalue weighted by Gasteiger charge is -2.21. The van der Waals surface area contributed by atoms with Crippen molar-refractivity contribution in [3.05, 3.63) is 18.2 Å². The Bertz CT molecular complexity index is 758. The Kier molecular flexibility index (Phi) is 5.11. The van der Waals surface area contributed by atoms with E-state index in [4.69, 9.17) is 14.2 Å². The highest BCUT2D eigenvalue weighted by Gasteiger charge is 2.33. The van der Waals surface area contributed by atoms with Crippen LogP contribution < -0.4 is 20.3 Å². The van der Waals surface area contributed by atoms with Crippen molar-refractivity contribution in [2.75, 3.05) is 29.9 Å². The summed E-state index contributed by atoms with van der Waals surface area (Å²) in [6, 6.07) is 5.11. The molecule has 1 fully saturated rings. The van der Waals surface area contributed by atoms with Gasteiger partial charge < -0.3 is 24.8 Å². The number of nitrogens with one attached hydrogen (secondary N) is 2. The molecule has 27 heavy (non-hydrogen) atoms. The van der Waals surface area contributed by atoms with Crippen LogP contribution in [0.4, 0.5) is 21.0 Å². The Hall–Kier alpha value is -2.97. The Morgan fingerprint density at radius 2 is 2.15 bits per heavy atom. The molecule has 9 heteroatoms. The van der Waals surface area contributed by atoms with Gasteiger partial charge in [-0.25, -0.2) is 9.59 Å². The molecule has 1 saturated heterocycles. The van der Waals surface area contributed by atoms with E-state index in [1.807, 2.05) is 0 Å². The Morgan fingerprint density at radius 1 is 1.37 bits per heavy atom. The molecule has 1 unspecified atom stereocenters. The summed E-state index contributed by atoms with van der Waals surface area (Å²) in [5, 5.41) is 5.36. The molecule has 3 rings (SSSR count). The van der Waals surface area contributed by atoms with Gasteiger partial charge in [0, 0.05) is 18.7 Å². The summed E-state index contributed by atoms with van der Waals surface area (Å²) in [4.78, 5) is 36.8. The van der Waals surface area contributed by atoms with Gasteiger partial charge in [-0.1, -0.05) is 0 Å². The van der Waals surface area contributed by atoms with Crippen LogP contribution in [-0.2, 0) is 14.3 Å². The number of nitrogens with zero attached hydrogens (tertiary/aromatic N) is 1. The van der Waals surface area contributed by atoms with E-state index < -0.39 is 17.8 Å². The number of rotatable bonds is 4. The van der Waals surface area contributed by atoms with E-state index in [9.17, 15) is 14.4 Å². The summed E-state index contributed by atoms with van der Waals surface area (Å²) < 4.78 is 15.8. The lowest BCUT2D eigenvalue weighted by Crippen LogP contribution is -2.34. The van der Waals surface area contributed by atoms with Crippen molar-refractivity contribution in [1.29, 1.82) is 0 Å². The molecule has 146 valence electrons. The van der Waals surface area contributed by atoms with Gasteiger partial charge in [0.1, 0.15) is 17.5 Å². The fourth-order valence-electron chi connectivity index (χ4n) is 2.77. The molecule has 0 spiro atoms. The first kappa shape index (κ1) is 18.8. The van der Waals surface area contributed by atoms with E-state index in [-0.39, 0.29) is 18.6 Å².